The molecule has 3 atom stereocenters. The fourth-order valence-corrected chi connectivity index (χ4v) is 7.27. The van der Waals surface area contributed by atoms with Gasteiger partial charge in [0.05, 0.1) is 35.2 Å². The van der Waals surface area contributed by atoms with E-state index >= 15 is 0 Å². The normalized spacial score (nSPS) is 18.2. The summed E-state index contributed by atoms with van der Waals surface area (Å²) in [5.41, 5.74) is 8.95. The van der Waals surface area contributed by atoms with Crippen LogP contribution in [-0.2, 0) is 13.6 Å². The first kappa shape index (κ1) is 28.6. The van der Waals surface area contributed by atoms with Gasteiger partial charge in [0.1, 0.15) is 0 Å². The van der Waals surface area contributed by atoms with Crippen LogP contribution in [0.2, 0.25) is 0 Å². The number of piperidine rings is 1. The summed E-state index contributed by atoms with van der Waals surface area (Å²) in [6.07, 6.45) is 4.47. The Labute approximate surface area is 267 Å². The summed E-state index contributed by atoms with van der Waals surface area (Å²) >= 11 is 0. The van der Waals surface area contributed by atoms with Crippen LogP contribution in [0.25, 0.3) is 38.9 Å². The molecule has 1 N–H and O–H groups in total. The van der Waals surface area contributed by atoms with E-state index in [4.69, 9.17) is 15.2 Å². The van der Waals surface area contributed by atoms with Crippen LogP contribution in [-0.4, -0.2) is 63.3 Å². The minimum absolute atomic E-state index is 0.0848. The maximum Gasteiger partial charge on any atom is 0.253 e. The Bertz CT molecular complexity index is 2130. The number of aliphatic hydroxyl groups excluding tert-OH is 1. The summed E-state index contributed by atoms with van der Waals surface area (Å²) in [6.45, 7) is 10.5. The highest BCUT2D eigenvalue weighted by Gasteiger charge is 2.46. The molecule has 2 aromatic carbocycles. The average Bonchev–Trinajstić information content (AvgIpc) is 3.39. The molecular weight excluding hydrogens is 576 g/mol. The Hall–Kier alpha value is -4.83. The van der Waals surface area contributed by atoms with Crippen LogP contribution in [0.15, 0.2) is 60.9 Å². The lowest BCUT2D eigenvalue weighted by atomic mass is 9.95. The zero-order chi connectivity index (χ0) is 31.9. The molecule has 0 spiro atoms. The number of hydrogen-bond acceptors (Lipinski definition) is 6. The summed E-state index contributed by atoms with van der Waals surface area (Å²) in [4.78, 5) is 19.6. The lowest BCUT2D eigenvalue weighted by Crippen LogP contribution is -2.30. The van der Waals surface area contributed by atoms with Crippen molar-refractivity contribution in [3.63, 3.8) is 0 Å². The number of benzene rings is 2. The molecule has 1 saturated carbocycles. The molecule has 3 unspecified atom stereocenters. The van der Waals surface area contributed by atoms with Crippen molar-refractivity contribution >= 4 is 27.8 Å². The summed E-state index contributed by atoms with van der Waals surface area (Å²) in [7, 11) is 1.90. The third kappa shape index (κ3) is 4.79. The van der Waals surface area contributed by atoms with Gasteiger partial charge in [0, 0.05) is 65.7 Å². The van der Waals surface area contributed by atoms with Crippen molar-refractivity contribution in [1.82, 2.24) is 39.2 Å². The van der Waals surface area contributed by atoms with Crippen LogP contribution in [0, 0.1) is 25.7 Å². The number of aromatic nitrogens is 7. The van der Waals surface area contributed by atoms with Gasteiger partial charge in [-0.05, 0) is 67.9 Å². The molecule has 46 heavy (non-hydrogen) atoms. The predicted octanol–water partition coefficient (Wildman–Crippen LogP) is 5.74. The predicted molar refractivity (Wildman–Crippen MR) is 177 cm³/mol. The highest BCUT2D eigenvalue weighted by Crippen LogP contribution is 2.45. The van der Waals surface area contributed by atoms with E-state index in [0.29, 0.717) is 17.4 Å². The van der Waals surface area contributed by atoms with E-state index in [9.17, 15) is 9.90 Å². The summed E-state index contributed by atoms with van der Waals surface area (Å²) in [6, 6.07) is 15.6. The number of carbonyl (C=O) groups excluding carboxylic acids is 1. The molecule has 2 aliphatic rings. The molecule has 4 aromatic heterocycles. The van der Waals surface area contributed by atoms with Gasteiger partial charge in [-0.3, -0.25) is 14.2 Å². The van der Waals surface area contributed by atoms with Crippen molar-refractivity contribution in [2.75, 3.05) is 13.1 Å². The van der Waals surface area contributed by atoms with Gasteiger partial charge in [-0.1, -0.05) is 38.1 Å². The molecule has 1 saturated heterocycles. The van der Waals surface area contributed by atoms with Crippen molar-refractivity contribution < 1.29 is 9.90 Å². The Morgan fingerprint density at radius 3 is 2.50 bits per heavy atom. The summed E-state index contributed by atoms with van der Waals surface area (Å²) in [5.74, 6) is 1.73. The van der Waals surface area contributed by atoms with Crippen molar-refractivity contribution in [1.29, 1.82) is 0 Å². The third-order valence-corrected chi connectivity index (χ3v) is 9.76. The number of hydrogen-bond donors (Lipinski definition) is 1. The molecule has 0 bridgehead atoms. The molecule has 2 fully saturated rings. The van der Waals surface area contributed by atoms with Crippen molar-refractivity contribution in [3.05, 3.63) is 89.0 Å². The van der Waals surface area contributed by atoms with Gasteiger partial charge in [-0.15, -0.1) is 0 Å². The van der Waals surface area contributed by atoms with Crippen LogP contribution in [0.1, 0.15) is 65.2 Å². The molecule has 1 aliphatic heterocycles. The zero-order valence-electron chi connectivity index (χ0n) is 26.8. The molecule has 6 aromatic rings. The number of likely N-dealkylation sites (tertiary alicyclic amines) is 1. The summed E-state index contributed by atoms with van der Waals surface area (Å²) < 4.78 is 5.59. The standard InChI is InChI=1S/C36H38N8O2/c1-20(2)33-22(4)44(31-14-27-15-41(5)40-35(27)37-21(31)3)39-34(33)28-7-6-8-30-29(28)18-43(38-30)19-32(45)23-9-11-24(12-10-23)36(46)42-16-25-13-26(25)17-42/h6-12,14-15,18,20,25-26,32,45H,13,16-17,19H2,1-5H3. The minimum Gasteiger partial charge on any atom is -0.386 e. The maximum absolute atomic E-state index is 12.9. The smallest absolute Gasteiger partial charge is 0.253 e. The van der Waals surface area contributed by atoms with Gasteiger partial charge in [0.15, 0.2) is 5.65 Å². The Balaban J connectivity index is 1.09. The second kappa shape index (κ2) is 10.6. The van der Waals surface area contributed by atoms with Gasteiger partial charge >= 0.3 is 0 Å². The Morgan fingerprint density at radius 2 is 1.76 bits per heavy atom. The van der Waals surface area contributed by atoms with Gasteiger partial charge in [0.2, 0.25) is 0 Å². The third-order valence-electron chi connectivity index (χ3n) is 9.76. The second-order valence-corrected chi connectivity index (χ2v) is 13.4. The molecule has 234 valence electrons. The number of carbonyl (C=O) groups is 1. The molecule has 10 nitrogen and oxygen atoms in total. The number of pyridine rings is 1. The molecular formula is C36H38N8O2. The van der Waals surface area contributed by atoms with E-state index < -0.39 is 6.10 Å². The van der Waals surface area contributed by atoms with E-state index in [1.54, 1.807) is 9.36 Å². The van der Waals surface area contributed by atoms with Crippen molar-refractivity contribution in [3.8, 4) is 16.9 Å². The fourth-order valence-electron chi connectivity index (χ4n) is 7.27. The molecule has 8 rings (SSSR count). The minimum atomic E-state index is -0.771. The first-order valence-corrected chi connectivity index (χ1v) is 16.1. The highest BCUT2D eigenvalue weighted by atomic mass is 16.3. The van der Waals surface area contributed by atoms with Crippen molar-refractivity contribution in [2.45, 2.75) is 52.7 Å². The van der Waals surface area contributed by atoms with E-state index in [1.807, 2.05) is 72.3 Å². The zero-order valence-corrected chi connectivity index (χ0v) is 26.8. The average molecular weight is 615 g/mol. The van der Waals surface area contributed by atoms with E-state index in [0.717, 1.165) is 68.9 Å². The number of aryl methyl sites for hydroxylation is 2. The van der Waals surface area contributed by atoms with E-state index in [2.05, 4.69) is 38.0 Å². The largest absolute Gasteiger partial charge is 0.386 e. The van der Waals surface area contributed by atoms with E-state index in [-0.39, 0.29) is 18.4 Å². The van der Waals surface area contributed by atoms with Crippen molar-refractivity contribution in [2.24, 2.45) is 18.9 Å². The topological polar surface area (TPSA) is 107 Å². The number of rotatable bonds is 7. The SMILES string of the molecule is Cc1nc2nn(C)cc2cc1-n1nc(-c2cccc3nn(CC(O)c4ccc(C(=O)N5CC6CC6C5)cc4)cc23)c(C(C)C)c1C. The van der Waals surface area contributed by atoms with Crippen LogP contribution in [0.3, 0.4) is 0 Å². The van der Waals surface area contributed by atoms with Gasteiger partial charge in [-0.25, -0.2) is 9.67 Å². The monoisotopic (exact) mass is 614 g/mol. The molecule has 0 radical (unpaired) electrons. The number of nitrogens with zero attached hydrogens (tertiary/aromatic N) is 8. The number of aliphatic hydroxyl groups is 1. The quantitative estimate of drug-likeness (QED) is 0.246. The van der Waals surface area contributed by atoms with Gasteiger partial charge < -0.3 is 10.0 Å². The van der Waals surface area contributed by atoms with Crippen LogP contribution in [0.5, 0.6) is 0 Å². The Kier molecular flexibility index (Phi) is 6.61. The molecule has 10 heteroatoms. The maximum atomic E-state index is 12.9. The first-order chi connectivity index (χ1) is 22.1. The van der Waals surface area contributed by atoms with Gasteiger partial charge in [-0.2, -0.15) is 15.3 Å². The summed E-state index contributed by atoms with van der Waals surface area (Å²) in [5, 5.41) is 27.6. The first-order valence-electron chi connectivity index (χ1n) is 16.1. The molecule has 1 amide bonds. The number of fused-ring (bicyclic) bond motifs is 3. The second-order valence-electron chi connectivity index (χ2n) is 13.4. The Morgan fingerprint density at radius 1 is 1.00 bits per heavy atom. The fraction of sp³-hybridized carbons (Fsp3) is 0.361. The number of amides is 1. The molecule has 1 aliphatic carbocycles. The van der Waals surface area contributed by atoms with Crippen LogP contribution in [0.4, 0.5) is 0 Å². The lowest BCUT2D eigenvalue weighted by molar-refractivity contribution is 0.0775. The lowest BCUT2D eigenvalue weighted by Gasteiger charge is -2.18. The van der Waals surface area contributed by atoms with Crippen LogP contribution < -0.4 is 0 Å². The van der Waals surface area contributed by atoms with E-state index in [1.165, 1.54) is 12.0 Å². The highest BCUT2D eigenvalue weighted by molar-refractivity contribution is 5.95. The van der Waals surface area contributed by atoms with Crippen LogP contribution >= 0.6 is 0 Å². The van der Waals surface area contributed by atoms with Gasteiger partial charge in [0.25, 0.3) is 5.91 Å². The molecule has 5 heterocycles.